The number of benzene rings is 1. The number of aliphatic hydroxyl groups is 2. The van der Waals surface area contributed by atoms with Crippen LogP contribution in [0.3, 0.4) is 0 Å². The highest BCUT2D eigenvalue weighted by Crippen LogP contribution is 2.35. The molecule has 3 rings (SSSR count). The van der Waals surface area contributed by atoms with Crippen LogP contribution in [-0.2, 0) is 0 Å². The highest BCUT2D eigenvalue weighted by molar-refractivity contribution is 5.45. The van der Waals surface area contributed by atoms with Crippen molar-refractivity contribution in [3.63, 3.8) is 0 Å². The second-order valence-corrected chi connectivity index (χ2v) is 5.30. The first-order valence-electron chi connectivity index (χ1n) is 6.66. The van der Waals surface area contributed by atoms with Gasteiger partial charge in [0.25, 0.3) is 0 Å². The number of aliphatic hydroxyl groups excluding tert-OH is 2. The molecule has 1 aliphatic carbocycles. The molecule has 2 aliphatic rings. The first-order valence-corrected chi connectivity index (χ1v) is 6.66. The second kappa shape index (κ2) is 5.00. The molecule has 19 heavy (non-hydrogen) atoms. The molecule has 1 aromatic rings. The maximum absolute atomic E-state index is 10.2. The van der Waals surface area contributed by atoms with Gasteiger partial charge in [0.15, 0.2) is 11.5 Å². The normalized spacial score (nSPS) is 20.9. The Morgan fingerprint density at radius 3 is 2.74 bits per heavy atom. The molecule has 1 atom stereocenters. The van der Waals surface area contributed by atoms with Crippen molar-refractivity contribution in [3.8, 4) is 11.5 Å². The topological polar surface area (TPSA) is 71.0 Å². The van der Waals surface area contributed by atoms with Gasteiger partial charge in [-0.25, -0.2) is 0 Å². The first kappa shape index (κ1) is 12.7. The third-order valence-corrected chi connectivity index (χ3v) is 4.07. The van der Waals surface area contributed by atoms with Crippen molar-refractivity contribution in [1.82, 2.24) is 5.32 Å². The summed E-state index contributed by atoms with van der Waals surface area (Å²) in [6.45, 7) is 0.793. The number of hydrogen-bond acceptors (Lipinski definition) is 5. The molecule has 3 N–H and O–H groups in total. The van der Waals surface area contributed by atoms with Crippen LogP contribution in [0, 0.1) is 0 Å². The van der Waals surface area contributed by atoms with Crippen LogP contribution in [0.1, 0.15) is 30.9 Å². The van der Waals surface area contributed by atoms with Crippen LogP contribution >= 0.6 is 0 Å². The van der Waals surface area contributed by atoms with E-state index in [1.165, 1.54) is 0 Å². The van der Waals surface area contributed by atoms with Crippen LogP contribution in [0.25, 0.3) is 0 Å². The van der Waals surface area contributed by atoms with Crippen molar-refractivity contribution < 1.29 is 19.7 Å². The highest BCUT2D eigenvalue weighted by atomic mass is 16.7. The Kier molecular flexibility index (Phi) is 3.35. The third kappa shape index (κ3) is 2.41. The van der Waals surface area contributed by atoms with E-state index < -0.39 is 6.10 Å². The molecule has 0 amide bonds. The lowest BCUT2D eigenvalue weighted by molar-refractivity contribution is 0.0687. The summed E-state index contributed by atoms with van der Waals surface area (Å²) >= 11 is 0. The summed E-state index contributed by atoms with van der Waals surface area (Å²) in [7, 11) is 0. The zero-order valence-corrected chi connectivity index (χ0v) is 10.8. The number of nitrogens with one attached hydrogen (secondary N) is 1. The molecule has 5 nitrogen and oxygen atoms in total. The van der Waals surface area contributed by atoms with E-state index in [0.29, 0.717) is 12.3 Å². The van der Waals surface area contributed by atoms with E-state index in [4.69, 9.17) is 9.47 Å². The monoisotopic (exact) mass is 265 g/mol. The van der Waals surface area contributed by atoms with Crippen molar-refractivity contribution in [2.24, 2.45) is 0 Å². The van der Waals surface area contributed by atoms with Gasteiger partial charge < -0.3 is 25.0 Å². The molecular weight excluding hydrogens is 246 g/mol. The molecule has 0 radical (unpaired) electrons. The summed E-state index contributed by atoms with van der Waals surface area (Å²) in [5.41, 5.74) is 0.612. The molecule has 104 valence electrons. The van der Waals surface area contributed by atoms with Crippen LogP contribution in [0.2, 0.25) is 0 Å². The van der Waals surface area contributed by atoms with Gasteiger partial charge in [0.1, 0.15) is 0 Å². The van der Waals surface area contributed by atoms with Crippen molar-refractivity contribution in [2.45, 2.75) is 30.9 Å². The summed E-state index contributed by atoms with van der Waals surface area (Å²) in [4.78, 5) is 0. The lowest BCUT2D eigenvalue weighted by atomic mass is 9.77. The van der Waals surface area contributed by atoms with E-state index in [2.05, 4.69) is 5.32 Å². The summed E-state index contributed by atoms with van der Waals surface area (Å²) in [5.74, 6) is 1.40. The summed E-state index contributed by atoms with van der Waals surface area (Å²) in [6, 6.07) is 5.46. The van der Waals surface area contributed by atoms with E-state index in [9.17, 15) is 10.2 Å². The lowest BCUT2D eigenvalue weighted by Crippen LogP contribution is -2.54. The van der Waals surface area contributed by atoms with Crippen LogP contribution < -0.4 is 14.8 Å². The van der Waals surface area contributed by atoms with E-state index in [1.807, 2.05) is 12.1 Å². The number of β-amino-alcohol motifs (C(OH)–C–C–N with tert-alkyl or cyclic N) is 1. The van der Waals surface area contributed by atoms with Crippen LogP contribution in [0.4, 0.5) is 0 Å². The average Bonchev–Trinajstić information content (AvgIpc) is 2.84. The van der Waals surface area contributed by atoms with Gasteiger partial charge in [0.05, 0.1) is 12.7 Å². The predicted molar refractivity (Wildman–Crippen MR) is 69.2 cm³/mol. The van der Waals surface area contributed by atoms with Crippen molar-refractivity contribution >= 4 is 0 Å². The van der Waals surface area contributed by atoms with Crippen molar-refractivity contribution in [3.05, 3.63) is 23.8 Å². The Morgan fingerprint density at radius 1 is 1.26 bits per heavy atom. The minimum Gasteiger partial charge on any atom is -0.454 e. The summed E-state index contributed by atoms with van der Waals surface area (Å²) < 4.78 is 10.5. The molecule has 1 aromatic carbocycles. The molecule has 0 saturated heterocycles. The van der Waals surface area contributed by atoms with E-state index in [-0.39, 0.29) is 18.9 Å². The van der Waals surface area contributed by atoms with Crippen molar-refractivity contribution in [2.75, 3.05) is 19.9 Å². The SMILES string of the molecule is OCC1(NCC(O)c2ccc3c(c2)OCO3)CCC1. The molecule has 1 fully saturated rings. The fraction of sp³-hybridized carbons (Fsp3) is 0.571. The van der Waals surface area contributed by atoms with Gasteiger partial charge in [-0.15, -0.1) is 0 Å². The standard InChI is InChI=1S/C14H19NO4/c16-8-14(4-1-5-14)15-7-11(17)10-2-3-12-13(6-10)19-9-18-12/h2-3,6,11,15-17H,1,4-5,7-9H2. The predicted octanol–water partition coefficient (Wildman–Crippen LogP) is 0.953. The minimum atomic E-state index is -0.612. The largest absolute Gasteiger partial charge is 0.454 e. The number of ether oxygens (including phenoxy) is 2. The Labute approximate surface area is 112 Å². The molecule has 1 heterocycles. The van der Waals surface area contributed by atoms with Gasteiger partial charge in [-0.2, -0.15) is 0 Å². The summed E-state index contributed by atoms with van der Waals surface area (Å²) in [5, 5.41) is 22.8. The van der Waals surface area contributed by atoms with Gasteiger partial charge in [-0.3, -0.25) is 0 Å². The van der Waals surface area contributed by atoms with E-state index in [1.54, 1.807) is 6.07 Å². The number of fused-ring (bicyclic) bond motifs is 1. The molecule has 0 spiro atoms. The van der Waals surface area contributed by atoms with Crippen LogP contribution in [-0.4, -0.2) is 35.7 Å². The molecular formula is C14H19NO4. The van der Waals surface area contributed by atoms with Gasteiger partial charge in [-0.1, -0.05) is 6.07 Å². The highest BCUT2D eigenvalue weighted by Gasteiger charge is 2.36. The molecule has 1 unspecified atom stereocenters. The lowest BCUT2D eigenvalue weighted by Gasteiger charge is -2.41. The van der Waals surface area contributed by atoms with Crippen molar-refractivity contribution in [1.29, 1.82) is 0 Å². The molecule has 1 aliphatic heterocycles. The molecule has 1 saturated carbocycles. The Balaban J connectivity index is 1.62. The Hall–Kier alpha value is -1.30. The number of rotatable bonds is 5. The fourth-order valence-corrected chi connectivity index (χ4v) is 2.55. The van der Waals surface area contributed by atoms with Gasteiger partial charge in [0, 0.05) is 12.1 Å². The first-order chi connectivity index (χ1) is 9.22. The molecule has 0 bridgehead atoms. The fourth-order valence-electron chi connectivity index (χ4n) is 2.55. The quantitative estimate of drug-likeness (QED) is 0.739. The Morgan fingerprint density at radius 2 is 2.05 bits per heavy atom. The van der Waals surface area contributed by atoms with E-state index >= 15 is 0 Å². The second-order valence-electron chi connectivity index (χ2n) is 5.30. The third-order valence-electron chi connectivity index (χ3n) is 4.07. The zero-order chi connectivity index (χ0) is 13.3. The van der Waals surface area contributed by atoms with Crippen LogP contribution in [0.15, 0.2) is 18.2 Å². The summed E-state index contributed by atoms with van der Waals surface area (Å²) in [6.07, 6.45) is 2.46. The smallest absolute Gasteiger partial charge is 0.231 e. The van der Waals surface area contributed by atoms with Gasteiger partial charge in [-0.05, 0) is 37.0 Å². The van der Waals surface area contributed by atoms with Gasteiger partial charge >= 0.3 is 0 Å². The number of hydrogen-bond donors (Lipinski definition) is 3. The average molecular weight is 265 g/mol. The molecule has 0 aromatic heterocycles. The Bertz CT molecular complexity index is 453. The minimum absolute atomic E-state index is 0.126. The van der Waals surface area contributed by atoms with E-state index in [0.717, 1.165) is 30.6 Å². The van der Waals surface area contributed by atoms with Gasteiger partial charge in [0.2, 0.25) is 6.79 Å². The van der Waals surface area contributed by atoms with Crippen LogP contribution in [0.5, 0.6) is 11.5 Å². The molecule has 5 heteroatoms. The maximum Gasteiger partial charge on any atom is 0.231 e. The zero-order valence-electron chi connectivity index (χ0n) is 10.8. The maximum atomic E-state index is 10.2.